The Balaban J connectivity index is 1.63. The Kier molecular flexibility index (Phi) is 5.61. The second kappa shape index (κ2) is 8.02. The van der Waals surface area contributed by atoms with E-state index >= 15 is 0 Å². The molecule has 2 aromatic heterocycles. The molecule has 0 unspecified atom stereocenters. The van der Waals surface area contributed by atoms with Crippen molar-refractivity contribution in [1.82, 2.24) is 18.8 Å². The van der Waals surface area contributed by atoms with Gasteiger partial charge in [0.1, 0.15) is 11.3 Å². The van der Waals surface area contributed by atoms with Crippen LogP contribution in [0.1, 0.15) is 23.7 Å². The van der Waals surface area contributed by atoms with Gasteiger partial charge in [-0.15, -0.1) is 0 Å². The minimum absolute atomic E-state index is 0.00301. The molecule has 3 heterocycles. The lowest BCUT2D eigenvalue weighted by atomic mass is 10.1. The van der Waals surface area contributed by atoms with Crippen LogP contribution in [0.2, 0.25) is 5.02 Å². The Morgan fingerprint density at radius 2 is 2.14 bits per heavy atom. The predicted molar refractivity (Wildman–Crippen MR) is 112 cm³/mol. The fourth-order valence-corrected chi connectivity index (χ4v) is 5.50. The molecular formula is C20H23ClN4O3S. The monoisotopic (exact) mass is 434 g/mol. The van der Waals surface area contributed by atoms with Gasteiger partial charge in [-0.3, -0.25) is 0 Å². The fourth-order valence-electron chi connectivity index (χ4n) is 3.73. The molecule has 154 valence electrons. The molecule has 9 heteroatoms. The van der Waals surface area contributed by atoms with Crippen LogP contribution in [0.5, 0.6) is 0 Å². The molecule has 7 nitrogen and oxygen atoms in total. The normalized spacial score (nSPS) is 18.0. The summed E-state index contributed by atoms with van der Waals surface area (Å²) in [5.74, 6) is 0.854. The van der Waals surface area contributed by atoms with Crippen molar-refractivity contribution in [3.63, 3.8) is 0 Å². The van der Waals surface area contributed by atoms with Gasteiger partial charge in [0.15, 0.2) is 5.65 Å². The summed E-state index contributed by atoms with van der Waals surface area (Å²) in [4.78, 5) is 9.45. The summed E-state index contributed by atoms with van der Waals surface area (Å²) in [7, 11) is -1.95. The van der Waals surface area contributed by atoms with E-state index in [4.69, 9.17) is 21.3 Å². The van der Waals surface area contributed by atoms with Crippen LogP contribution in [-0.4, -0.2) is 54.1 Å². The fraction of sp³-hybridized carbons (Fsp3) is 0.400. The molecule has 1 fully saturated rings. The lowest BCUT2D eigenvalue weighted by Gasteiger charge is -2.17. The Bertz CT molecular complexity index is 1150. The van der Waals surface area contributed by atoms with Crippen LogP contribution in [0.25, 0.3) is 11.2 Å². The van der Waals surface area contributed by atoms with Crippen LogP contribution < -0.4 is 0 Å². The number of halogens is 1. The average Bonchev–Trinajstić information content (AvgIpc) is 3.33. The molecule has 0 amide bonds. The lowest BCUT2D eigenvalue weighted by molar-refractivity contribution is 0.187. The highest BCUT2D eigenvalue weighted by molar-refractivity contribution is 7.89. The Labute approximate surface area is 175 Å². The third kappa shape index (κ3) is 3.77. The molecular weight excluding hydrogens is 412 g/mol. The van der Waals surface area contributed by atoms with E-state index in [1.54, 1.807) is 25.4 Å². The Morgan fingerprint density at radius 1 is 1.31 bits per heavy atom. The third-order valence-corrected chi connectivity index (χ3v) is 7.62. The standard InChI is InChI=1S/C20H23ClN4O3S/c1-14-5-6-16(12-17(14)21)29(26,27)24-9-7-15(13-24)19-23-18-4-3-8-22-20(18)25(19)10-11-28-2/h3-6,8,12,15H,7,9-11,13H2,1-2H3/t15-/m1/s1. The molecule has 0 radical (unpaired) electrons. The van der Waals surface area contributed by atoms with Gasteiger partial charge in [-0.25, -0.2) is 18.4 Å². The number of methoxy groups -OCH3 is 1. The number of aromatic nitrogens is 3. The summed E-state index contributed by atoms with van der Waals surface area (Å²) in [6, 6.07) is 8.65. The van der Waals surface area contributed by atoms with Gasteiger partial charge in [0.05, 0.1) is 11.5 Å². The molecule has 0 spiro atoms. The van der Waals surface area contributed by atoms with Crippen LogP contribution in [-0.2, 0) is 21.3 Å². The zero-order valence-electron chi connectivity index (χ0n) is 16.4. The first-order valence-electron chi connectivity index (χ1n) is 9.48. The van der Waals surface area contributed by atoms with Crippen molar-refractivity contribution in [3.05, 3.63) is 52.9 Å². The summed E-state index contributed by atoms with van der Waals surface area (Å²) in [6.45, 7) is 3.83. The molecule has 1 saturated heterocycles. The SMILES string of the molecule is COCCn1c([C@@H]2CCN(S(=O)(=O)c3ccc(C)c(Cl)c3)C2)nc2cccnc21. The van der Waals surface area contributed by atoms with Crippen LogP contribution in [0.3, 0.4) is 0 Å². The van der Waals surface area contributed by atoms with E-state index in [0.717, 1.165) is 22.6 Å². The van der Waals surface area contributed by atoms with E-state index in [0.29, 0.717) is 37.7 Å². The molecule has 0 aliphatic carbocycles. The van der Waals surface area contributed by atoms with E-state index in [9.17, 15) is 8.42 Å². The number of ether oxygens (including phenoxy) is 1. The highest BCUT2D eigenvalue weighted by atomic mass is 35.5. The summed E-state index contributed by atoms with van der Waals surface area (Å²) >= 11 is 6.15. The minimum atomic E-state index is -3.61. The maximum Gasteiger partial charge on any atom is 0.243 e. The number of benzene rings is 1. The van der Waals surface area contributed by atoms with E-state index in [1.807, 2.05) is 23.6 Å². The molecule has 1 aliphatic rings. The topological polar surface area (TPSA) is 77.3 Å². The number of nitrogens with zero attached hydrogens (tertiary/aromatic N) is 4. The second-order valence-electron chi connectivity index (χ2n) is 7.22. The summed E-state index contributed by atoms with van der Waals surface area (Å²) in [5, 5.41) is 0.453. The van der Waals surface area contributed by atoms with E-state index in [1.165, 1.54) is 10.4 Å². The largest absolute Gasteiger partial charge is 0.383 e. The van der Waals surface area contributed by atoms with Gasteiger partial charge in [-0.1, -0.05) is 17.7 Å². The van der Waals surface area contributed by atoms with Crippen molar-refractivity contribution in [3.8, 4) is 0 Å². The number of sulfonamides is 1. The number of hydrogen-bond donors (Lipinski definition) is 0. The zero-order valence-corrected chi connectivity index (χ0v) is 17.9. The van der Waals surface area contributed by atoms with E-state index in [-0.39, 0.29) is 10.8 Å². The van der Waals surface area contributed by atoms with E-state index < -0.39 is 10.0 Å². The van der Waals surface area contributed by atoms with Gasteiger partial charge in [0.2, 0.25) is 10.0 Å². The number of pyridine rings is 1. The predicted octanol–water partition coefficient (Wildman–Crippen LogP) is 3.22. The number of aryl methyl sites for hydroxylation is 1. The van der Waals surface area contributed by atoms with E-state index in [2.05, 4.69) is 4.98 Å². The lowest BCUT2D eigenvalue weighted by Crippen LogP contribution is -2.29. The van der Waals surface area contributed by atoms with Crippen LogP contribution in [0, 0.1) is 6.92 Å². The van der Waals surface area contributed by atoms with Crippen molar-refractivity contribution in [2.75, 3.05) is 26.8 Å². The second-order valence-corrected chi connectivity index (χ2v) is 9.57. The molecule has 4 rings (SSSR count). The van der Waals surface area contributed by atoms with Crippen molar-refractivity contribution in [1.29, 1.82) is 0 Å². The number of fused-ring (bicyclic) bond motifs is 1. The maximum absolute atomic E-state index is 13.1. The van der Waals surface area contributed by atoms with Gasteiger partial charge >= 0.3 is 0 Å². The molecule has 3 aromatic rings. The van der Waals surface area contributed by atoms with Gasteiger partial charge in [-0.2, -0.15) is 4.31 Å². The molecule has 0 N–H and O–H groups in total. The van der Waals surface area contributed by atoms with Crippen molar-refractivity contribution >= 4 is 32.8 Å². The van der Waals surface area contributed by atoms with Crippen LogP contribution >= 0.6 is 11.6 Å². The van der Waals surface area contributed by atoms with Gasteiger partial charge < -0.3 is 9.30 Å². The average molecular weight is 435 g/mol. The highest BCUT2D eigenvalue weighted by Crippen LogP contribution is 2.33. The number of rotatable bonds is 6. The molecule has 29 heavy (non-hydrogen) atoms. The summed E-state index contributed by atoms with van der Waals surface area (Å²) < 4.78 is 35.0. The zero-order chi connectivity index (χ0) is 20.6. The third-order valence-electron chi connectivity index (χ3n) is 5.35. The first-order chi connectivity index (χ1) is 13.9. The van der Waals surface area contributed by atoms with Crippen molar-refractivity contribution in [2.24, 2.45) is 0 Å². The molecule has 1 atom stereocenters. The van der Waals surface area contributed by atoms with Gasteiger partial charge in [-0.05, 0) is 43.2 Å². The van der Waals surface area contributed by atoms with Crippen molar-refractivity contribution < 1.29 is 13.2 Å². The first-order valence-corrected chi connectivity index (χ1v) is 11.3. The summed E-state index contributed by atoms with van der Waals surface area (Å²) in [6.07, 6.45) is 2.44. The van der Waals surface area contributed by atoms with Gasteiger partial charge in [0.25, 0.3) is 0 Å². The molecule has 1 aromatic carbocycles. The molecule has 0 saturated carbocycles. The van der Waals surface area contributed by atoms with Crippen LogP contribution in [0.4, 0.5) is 0 Å². The molecule has 0 bridgehead atoms. The summed E-state index contributed by atoms with van der Waals surface area (Å²) in [5.41, 5.74) is 2.46. The quantitative estimate of drug-likeness (QED) is 0.595. The first kappa shape index (κ1) is 20.3. The smallest absolute Gasteiger partial charge is 0.243 e. The number of imidazole rings is 1. The Hall–Kier alpha value is -2.00. The Morgan fingerprint density at radius 3 is 2.90 bits per heavy atom. The van der Waals surface area contributed by atoms with Gasteiger partial charge in [0, 0.05) is 43.9 Å². The molecule has 1 aliphatic heterocycles. The minimum Gasteiger partial charge on any atom is -0.383 e. The van der Waals surface area contributed by atoms with Crippen molar-refractivity contribution in [2.45, 2.75) is 30.7 Å². The maximum atomic E-state index is 13.1. The number of hydrogen-bond acceptors (Lipinski definition) is 5. The highest BCUT2D eigenvalue weighted by Gasteiger charge is 2.35. The van der Waals surface area contributed by atoms with Crippen LogP contribution in [0.15, 0.2) is 41.4 Å².